The Morgan fingerprint density at radius 2 is 2.33 bits per heavy atom. The third kappa shape index (κ3) is 2.83. The molecule has 1 fully saturated rings. The largest absolute Gasteiger partial charge is 0.496 e. The zero-order valence-corrected chi connectivity index (χ0v) is 11.7. The number of hydrogen-bond acceptors (Lipinski definition) is 2. The van der Waals surface area contributed by atoms with Crippen LogP contribution in [-0.2, 0) is 11.3 Å². The van der Waals surface area contributed by atoms with Gasteiger partial charge in [-0.2, -0.15) is 0 Å². The highest BCUT2D eigenvalue weighted by molar-refractivity contribution is 9.09. The van der Waals surface area contributed by atoms with Gasteiger partial charge in [0.15, 0.2) is 0 Å². The van der Waals surface area contributed by atoms with Crippen molar-refractivity contribution < 1.29 is 13.9 Å². The minimum absolute atomic E-state index is 0.144. The highest BCUT2D eigenvalue weighted by Crippen LogP contribution is 2.26. The minimum atomic E-state index is -0.332. The van der Waals surface area contributed by atoms with E-state index in [1.807, 2.05) is 0 Å². The molecule has 0 bridgehead atoms. The van der Waals surface area contributed by atoms with Gasteiger partial charge in [-0.3, -0.25) is 4.79 Å². The molecule has 5 heteroatoms. The first kappa shape index (κ1) is 13.3. The number of nitrogens with zero attached hydrogens (tertiary/aromatic N) is 1. The number of methoxy groups -OCH3 is 1. The topological polar surface area (TPSA) is 29.5 Å². The monoisotopic (exact) mass is 315 g/mol. The fourth-order valence-corrected chi connectivity index (χ4v) is 2.60. The van der Waals surface area contributed by atoms with E-state index >= 15 is 0 Å². The molecule has 0 radical (unpaired) electrons. The van der Waals surface area contributed by atoms with Crippen LogP contribution in [0.15, 0.2) is 18.2 Å². The van der Waals surface area contributed by atoms with Crippen LogP contribution in [0.5, 0.6) is 5.75 Å². The van der Waals surface area contributed by atoms with E-state index in [9.17, 15) is 9.18 Å². The Balaban J connectivity index is 2.12. The number of rotatable bonds is 4. The summed E-state index contributed by atoms with van der Waals surface area (Å²) in [6.45, 7) is 1.22. The van der Waals surface area contributed by atoms with Crippen LogP contribution in [0.2, 0.25) is 0 Å². The Hall–Kier alpha value is -1.10. The molecule has 1 aliphatic heterocycles. The van der Waals surface area contributed by atoms with E-state index in [4.69, 9.17) is 4.74 Å². The number of benzene rings is 1. The third-order valence-electron chi connectivity index (χ3n) is 3.12. The predicted octanol–water partition coefficient (Wildman–Crippen LogP) is 2.58. The van der Waals surface area contributed by atoms with E-state index in [0.717, 1.165) is 17.4 Å². The molecule has 0 N–H and O–H groups in total. The summed E-state index contributed by atoms with van der Waals surface area (Å²) in [5.41, 5.74) is 0.836. The van der Waals surface area contributed by atoms with E-state index in [1.165, 1.54) is 19.2 Å². The van der Waals surface area contributed by atoms with Gasteiger partial charge in [0, 0.05) is 36.5 Å². The van der Waals surface area contributed by atoms with Crippen molar-refractivity contribution in [3.8, 4) is 5.75 Å². The first-order valence-corrected chi connectivity index (χ1v) is 6.92. The van der Waals surface area contributed by atoms with Gasteiger partial charge >= 0.3 is 0 Å². The van der Waals surface area contributed by atoms with Crippen LogP contribution >= 0.6 is 15.9 Å². The van der Waals surface area contributed by atoms with Crippen LogP contribution in [-0.4, -0.2) is 29.8 Å². The molecule has 0 spiro atoms. The summed E-state index contributed by atoms with van der Waals surface area (Å²) in [5.74, 6) is 0.668. The maximum Gasteiger partial charge on any atom is 0.223 e. The van der Waals surface area contributed by atoms with Crippen molar-refractivity contribution in [2.75, 3.05) is 19.0 Å². The average Bonchev–Trinajstić information content (AvgIpc) is 2.72. The van der Waals surface area contributed by atoms with E-state index in [0.29, 0.717) is 24.6 Å². The van der Waals surface area contributed by atoms with Crippen LogP contribution in [0.1, 0.15) is 12.0 Å². The van der Waals surface area contributed by atoms with Gasteiger partial charge in [-0.05, 0) is 12.0 Å². The van der Waals surface area contributed by atoms with Gasteiger partial charge < -0.3 is 9.64 Å². The van der Waals surface area contributed by atoms with Gasteiger partial charge in [0.25, 0.3) is 0 Å². The number of likely N-dealkylation sites (tertiary alicyclic amines) is 1. The van der Waals surface area contributed by atoms with Gasteiger partial charge in [-0.25, -0.2) is 4.39 Å². The molecular formula is C13H15BrFNO2. The molecule has 1 amide bonds. The predicted molar refractivity (Wildman–Crippen MR) is 70.3 cm³/mol. The van der Waals surface area contributed by atoms with E-state index in [-0.39, 0.29) is 11.7 Å². The van der Waals surface area contributed by atoms with Gasteiger partial charge in [-0.1, -0.05) is 22.0 Å². The Bertz CT molecular complexity index is 453. The zero-order valence-electron chi connectivity index (χ0n) is 10.2. The Morgan fingerprint density at radius 3 is 2.94 bits per heavy atom. The van der Waals surface area contributed by atoms with Crippen LogP contribution in [0.4, 0.5) is 4.39 Å². The first-order valence-electron chi connectivity index (χ1n) is 5.80. The van der Waals surface area contributed by atoms with Crippen molar-refractivity contribution >= 4 is 21.8 Å². The summed E-state index contributed by atoms with van der Waals surface area (Å²) in [6.07, 6.45) is 0.578. The fourth-order valence-electron chi connectivity index (χ4n) is 2.16. The summed E-state index contributed by atoms with van der Waals surface area (Å²) < 4.78 is 18.2. The third-order valence-corrected chi connectivity index (χ3v) is 4.04. The highest BCUT2D eigenvalue weighted by Gasteiger charge is 2.29. The normalized spacial score (nSPS) is 19.4. The number of carbonyl (C=O) groups excluding carboxylic acids is 1. The number of carbonyl (C=O) groups is 1. The van der Waals surface area contributed by atoms with Crippen molar-refractivity contribution in [3.63, 3.8) is 0 Å². The van der Waals surface area contributed by atoms with Gasteiger partial charge in [-0.15, -0.1) is 0 Å². The molecule has 2 rings (SSSR count). The lowest BCUT2D eigenvalue weighted by molar-refractivity contribution is -0.128. The quantitative estimate of drug-likeness (QED) is 0.799. The molecule has 1 unspecified atom stereocenters. The smallest absolute Gasteiger partial charge is 0.223 e. The van der Waals surface area contributed by atoms with Crippen molar-refractivity contribution in [1.82, 2.24) is 4.90 Å². The lowest BCUT2D eigenvalue weighted by atomic mass is 10.1. The maximum atomic E-state index is 13.1. The summed E-state index contributed by atoms with van der Waals surface area (Å²) in [7, 11) is 1.51. The number of amides is 1. The average molecular weight is 316 g/mol. The van der Waals surface area contributed by atoms with Gasteiger partial charge in [0.05, 0.1) is 7.11 Å². The SMILES string of the molecule is COc1cc(F)ccc1CN1CC(CBr)CC1=O. The molecule has 3 nitrogen and oxygen atoms in total. The van der Waals surface area contributed by atoms with Crippen molar-refractivity contribution in [2.24, 2.45) is 5.92 Å². The lowest BCUT2D eigenvalue weighted by Gasteiger charge is -2.18. The summed E-state index contributed by atoms with van der Waals surface area (Å²) in [4.78, 5) is 13.6. The molecule has 98 valence electrons. The molecule has 0 aromatic heterocycles. The molecular weight excluding hydrogens is 301 g/mol. The Labute approximate surface area is 114 Å². The number of hydrogen-bond donors (Lipinski definition) is 0. The summed E-state index contributed by atoms with van der Waals surface area (Å²) >= 11 is 3.40. The molecule has 18 heavy (non-hydrogen) atoms. The molecule has 1 heterocycles. The van der Waals surface area contributed by atoms with Crippen LogP contribution in [0, 0.1) is 11.7 Å². The van der Waals surface area contributed by atoms with Crippen molar-refractivity contribution in [3.05, 3.63) is 29.6 Å². The van der Waals surface area contributed by atoms with Crippen molar-refractivity contribution in [2.45, 2.75) is 13.0 Å². The maximum absolute atomic E-state index is 13.1. The number of halogens is 2. The molecule has 1 aliphatic rings. The van der Waals surface area contributed by atoms with Crippen LogP contribution < -0.4 is 4.74 Å². The first-order chi connectivity index (χ1) is 8.63. The molecule has 0 saturated carbocycles. The fraction of sp³-hybridized carbons (Fsp3) is 0.462. The molecule has 1 aromatic rings. The van der Waals surface area contributed by atoms with Gasteiger partial charge in [0.1, 0.15) is 11.6 Å². The van der Waals surface area contributed by atoms with E-state index in [1.54, 1.807) is 11.0 Å². The van der Waals surface area contributed by atoms with Crippen molar-refractivity contribution in [1.29, 1.82) is 0 Å². The number of alkyl halides is 1. The Morgan fingerprint density at radius 1 is 1.56 bits per heavy atom. The van der Waals surface area contributed by atoms with Gasteiger partial charge in [0.2, 0.25) is 5.91 Å². The molecule has 1 atom stereocenters. The zero-order chi connectivity index (χ0) is 13.1. The van der Waals surface area contributed by atoms with Crippen LogP contribution in [0.3, 0.4) is 0 Å². The molecule has 1 saturated heterocycles. The molecule has 0 aliphatic carbocycles. The highest BCUT2D eigenvalue weighted by atomic mass is 79.9. The number of ether oxygens (including phenoxy) is 1. The second kappa shape index (κ2) is 5.69. The summed E-state index contributed by atoms with van der Waals surface area (Å²) in [6, 6.07) is 4.40. The summed E-state index contributed by atoms with van der Waals surface area (Å²) in [5, 5.41) is 0.829. The van der Waals surface area contributed by atoms with Crippen LogP contribution in [0.25, 0.3) is 0 Å². The standard InChI is InChI=1S/C13H15BrFNO2/c1-18-12-5-11(15)3-2-10(12)8-16-7-9(6-14)4-13(16)17/h2-3,5,9H,4,6-8H2,1H3. The van der Waals surface area contributed by atoms with E-state index < -0.39 is 0 Å². The Kier molecular flexibility index (Phi) is 4.22. The second-order valence-electron chi connectivity index (χ2n) is 4.45. The second-order valence-corrected chi connectivity index (χ2v) is 5.10. The molecule has 1 aromatic carbocycles. The lowest BCUT2D eigenvalue weighted by Crippen LogP contribution is -2.25. The van der Waals surface area contributed by atoms with E-state index in [2.05, 4.69) is 15.9 Å². The minimum Gasteiger partial charge on any atom is -0.496 e.